The van der Waals surface area contributed by atoms with Crippen LogP contribution in [0.3, 0.4) is 0 Å². The molecule has 1 aromatic heterocycles. The number of pyridine rings is 1. The molecule has 0 spiro atoms. The molecule has 3 aromatic carbocycles. The van der Waals surface area contributed by atoms with Gasteiger partial charge in [-0.15, -0.1) is 0 Å². The van der Waals surface area contributed by atoms with Gasteiger partial charge in [-0.05, 0) is 60.7 Å². The van der Waals surface area contributed by atoms with Gasteiger partial charge in [0.2, 0.25) is 0 Å². The number of ketones is 1. The van der Waals surface area contributed by atoms with Crippen LogP contribution in [-0.2, 0) is 7.05 Å². The molecule has 0 atom stereocenters. The van der Waals surface area contributed by atoms with Crippen LogP contribution in [0.25, 0.3) is 10.9 Å². The molecule has 0 bridgehead atoms. The Hall–Kier alpha value is -3.41. The predicted molar refractivity (Wildman–Crippen MR) is 128 cm³/mol. The molecule has 0 aliphatic carbocycles. The number of nitrogens with zero attached hydrogens (tertiary/aromatic N) is 2. The fraction of sp³-hybridized carbons (Fsp3) is 0.0800. The van der Waals surface area contributed by atoms with Gasteiger partial charge in [0.05, 0.1) is 11.1 Å². The molecule has 0 saturated carbocycles. The van der Waals surface area contributed by atoms with Crippen molar-refractivity contribution in [1.82, 2.24) is 4.57 Å². The van der Waals surface area contributed by atoms with E-state index in [1.165, 1.54) is 15.5 Å². The Labute approximate surface area is 194 Å². The molecule has 1 heterocycles. The number of hydrogen-bond acceptors (Lipinski definition) is 3. The maximum atomic E-state index is 13.4. The van der Waals surface area contributed by atoms with Crippen molar-refractivity contribution in [2.75, 3.05) is 11.9 Å². The lowest BCUT2D eigenvalue weighted by Crippen LogP contribution is -2.29. The summed E-state index contributed by atoms with van der Waals surface area (Å²) in [4.78, 5) is 40.3. The van der Waals surface area contributed by atoms with Crippen LogP contribution < -0.4 is 10.5 Å². The highest BCUT2D eigenvalue weighted by atomic mass is 35.5. The summed E-state index contributed by atoms with van der Waals surface area (Å²) in [6.45, 7) is 0. The maximum absolute atomic E-state index is 13.4. The summed E-state index contributed by atoms with van der Waals surface area (Å²) < 4.78 is 1.45. The van der Waals surface area contributed by atoms with Gasteiger partial charge in [0.25, 0.3) is 11.5 Å². The lowest BCUT2D eigenvalue weighted by molar-refractivity contribution is 0.0992. The van der Waals surface area contributed by atoms with Crippen LogP contribution in [0.2, 0.25) is 10.0 Å². The van der Waals surface area contributed by atoms with Crippen LogP contribution in [0.1, 0.15) is 26.3 Å². The second-order valence-electron chi connectivity index (χ2n) is 7.37. The number of rotatable bonds is 4. The first kappa shape index (κ1) is 21.8. The first-order valence-electron chi connectivity index (χ1n) is 9.74. The predicted octanol–water partition coefficient (Wildman–Crippen LogP) is 5.35. The summed E-state index contributed by atoms with van der Waals surface area (Å²) in [5.41, 5.74) is 1.89. The minimum absolute atomic E-state index is 0.205. The molecule has 4 rings (SSSR count). The van der Waals surface area contributed by atoms with E-state index >= 15 is 0 Å². The van der Waals surface area contributed by atoms with Crippen molar-refractivity contribution in [2.45, 2.75) is 0 Å². The van der Waals surface area contributed by atoms with Gasteiger partial charge in [0.15, 0.2) is 5.78 Å². The lowest BCUT2D eigenvalue weighted by atomic mass is 9.99. The van der Waals surface area contributed by atoms with Crippen LogP contribution in [0.15, 0.2) is 77.6 Å². The fourth-order valence-electron chi connectivity index (χ4n) is 3.53. The van der Waals surface area contributed by atoms with Gasteiger partial charge in [-0.2, -0.15) is 0 Å². The number of amides is 1. The summed E-state index contributed by atoms with van der Waals surface area (Å²) in [6, 6.07) is 19.7. The monoisotopic (exact) mass is 464 g/mol. The molecule has 0 fully saturated rings. The molecule has 0 radical (unpaired) electrons. The Balaban J connectivity index is 1.84. The Morgan fingerprint density at radius 1 is 0.844 bits per heavy atom. The second-order valence-corrected chi connectivity index (χ2v) is 8.24. The van der Waals surface area contributed by atoms with Gasteiger partial charge < -0.3 is 9.47 Å². The molecule has 160 valence electrons. The van der Waals surface area contributed by atoms with Crippen molar-refractivity contribution >= 4 is 51.5 Å². The minimum Gasteiger partial charge on any atom is -0.311 e. The molecule has 0 unspecified atom stereocenters. The molecule has 0 saturated heterocycles. The zero-order valence-electron chi connectivity index (χ0n) is 17.3. The number of anilines is 1. The molecular formula is C25H18Cl2N2O3. The number of aromatic nitrogens is 1. The summed E-state index contributed by atoms with van der Waals surface area (Å²) in [6.07, 6.45) is 0. The van der Waals surface area contributed by atoms with E-state index < -0.39 is 0 Å². The van der Waals surface area contributed by atoms with Crippen LogP contribution in [0, 0.1) is 0 Å². The standard InChI is InChI=1S/C25H18Cl2N2O3/c1-28(19-5-3-4-18(27)13-19)25(32)21-14-23(30)29(2)22-11-8-16(12-20(21)22)24(31)15-6-9-17(26)10-7-15/h3-14H,1-2H3. The highest BCUT2D eigenvalue weighted by Gasteiger charge is 2.20. The second kappa shape index (κ2) is 8.61. The molecule has 4 aromatic rings. The third-order valence-corrected chi connectivity index (χ3v) is 5.83. The van der Waals surface area contributed by atoms with E-state index in [9.17, 15) is 14.4 Å². The molecular weight excluding hydrogens is 447 g/mol. The maximum Gasteiger partial charge on any atom is 0.258 e. The van der Waals surface area contributed by atoms with E-state index in [1.54, 1.807) is 80.8 Å². The number of halogens is 2. The van der Waals surface area contributed by atoms with E-state index in [1.807, 2.05) is 0 Å². The topological polar surface area (TPSA) is 59.4 Å². The van der Waals surface area contributed by atoms with Crippen molar-refractivity contribution in [3.8, 4) is 0 Å². The van der Waals surface area contributed by atoms with Gasteiger partial charge >= 0.3 is 0 Å². The zero-order chi connectivity index (χ0) is 23.0. The first-order chi connectivity index (χ1) is 15.3. The summed E-state index contributed by atoms with van der Waals surface area (Å²) in [5, 5.41) is 1.53. The first-order valence-corrected chi connectivity index (χ1v) is 10.5. The van der Waals surface area contributed by atoms with E-state index in [2.05, 4.69) is 0 Å². The van der Waals surface area contributed by atoms with E-state index in [0.717, 1.165) is 0 Å². The number of carbonyl (C=O) groups is 2. The largest absolute Gasteiger partial charge is 0.311 e. The number of carbonyl (C=O) groups excluding carboxylic acids is 2. The minimum atomic E-state index is -0.383. The smallest absolute Gasteiger partial charge is 0.258 e. The summed E-state index contributed by atoms with van der Waals surface area (Å²) >= 11 is 12.0. The van der Waals surface area contributed by atoms with E-state index in [0.29, 0.717) is 37.8 Å². The quantitative estimate of drug-likeness (QED) is 0.382. The van der Waals surface area contributed by atoms with E-state index in [4.69, 9.17) is 23.2 Å². The zero-order valence-corrected chi connectivity index (χ0v) is 18.8. The lowest BCUT2D eigenvalue weighted by Gasteiger charge is -2.19. The molecule has 0 aliphatic rings. The Morgan fingerprint density at radius 3 is 2.22 bits per heavy atom. The molecule has 7 heteroatoms. The highest BCUT2D eigenvalue weighted by molar-refractivity contribution is 6.31. The summed E-state index contributed by atoms with van der Waals surface area (Å²) in [5.74, 6) is -0.593. The average Bonchev–Trinajstić information content (AvgIpc) is 2.80. The van der Waals surface area contributed by atoms with Crippen LogP contribution in [0.5, 0.6) is 0 Å². The van der Waals surface area contributed by atoms with Crippen LogP contribution >= 0.6 is 23.2 Å². The highest BCUT2D eigenvalue weighted by Crippen LogP contribution is 2.25. The SMILES string of the molecule is CN(C(=O)c1cc(=O)n(C)c2ccc(C(=O)c3ccc(Cl)cc3)cc12)c1cccc(Cl)c1. The van der Waals surface area contributed by atoms with Crippen molar-refractivity contribution in [1.29, 1.82) is 0 Å². The average molecular weight is 465 g/mol. The van der Waals surface area contributed by atoms with Gasteiger partial charge in [0.1, 0.15) is 0 Å². The van der Waals surface area contributed by atoms with Crippen molar-refractivity contribution in [3.63, 3.8) is 0 Å². The van der Waals surface area contributed by atoms with Crippen molar-refractivity contribution in [2.24, 2.45) is 7.05 Å². The van der Waals surface area contributed by atoms with Crippen LogP contribution in [0.4, 0.5) is 5.69 Å². The number of aryl methyl sites for hydroxylation is 1. The molecule has 0 N–H and O–H groups in total. The Kier molecular flexibility index (Phi) is 5.87. The van der Waals surface area contributed by atoms with Crippen molar-refractivity contribution < 1.29 is 9.59 Å². The van der Waals surface area contributed by atoms with Gasteiger partial charge in [0, 0.05) is 52.4 Å². The van der Waals surface area contributed by atoms with Gasteiger partial charge in [-0.3, -0.25) is 14.4 Å². The molecule has 5 nitrogen and oxygen atoms in total. The van der Waals surface area contributed by atoms with Crippen molar-refractivity contribution in [3.05, 3.63) is 110 Å². The normalized spacial score (nSPS) is 10.9. The van der Waals surface area contributed by atoms with Gasteiger partial charge in [-0.1, -0.05) is 29.3 Å². The Morgan fingerprint density at radius 2 is 1.53 bits per heavy atom. The number of fused-ring (bicyclic) bond motifs is 1. The van der Waals surface area contributed by atoms with Crippen LogP contribution in [-0.4, -0.2) is 23.3 Å². The molecule has 0 aliphatic heterocycles. The number of benzene rings is 3. The number of hydrogen-bond donors (Lipinski definition) is 0. The van der Waals surface area contributed by atoms with Gasteiger partial charge in [-0.25, -0.2) is 0 Å². The molecule has 32 heavy (non-hydrogen) atoms. The van der Waals surface area contributed by atoms with E-state index in [-0.39, 0.29) is 22.8 Å². The third-order valence-electron chi connectivity index (χ3n) is 5.35. The third kappa shape index (κ3) is 4.05. The Bertz CT molecular complexity index is 1430. The molecule has 1 amide bonds. The fourth-order valence-corrected chi connectivity index (χ4v) is 3.84. The summed E-state index contributed by atoms with van der Waals surface area (Å²) in [7, 11) is 3.24.